The molecule has 0 bridgehead atoms. The van der Waals surface area contributed by atoms with Gasteiger partial charge in [-0.2, -0.15) is 0 Å². The summed E-state index contributed by atoms with van der Waals surface area (Å²) in [6.45, 7) is 0. The number of carbonyl (C=O) groups is 4. The van der Waals surface area contributed by atoms with E-state index in [1.807, 2.05) is 0 Å². The summed E-state index contributed by atoms with van der Waals surface area (Å²) in [7, 11) is 0. The van der Waals surface area contributed by atoms with Gasteiger partial charge in [-0.05, 0) is 24.3 Å². The van der Waals surface area contributed by atoms with E-state index in [-0.39, 0.29) is 11.1 Å². The number of benzene rings is 2. The summed E-state index contributed by atoms with van der Waals surface area (Å²) in [5, 5.41) is 5.46. The zero-order valence-electron chi connectivity index (χ0n) is 11.9. The Bertz CT molecular complexity index is 849. The Balaban J connectivity index is 0.000000141. The van der Waals surface area contributed by atoms with Crippen molar-refractivity contribution in [2.75, 3.05) is 10.6 Å². The Morgan fingerprint density at radius 1 is 0.625 bits per heavy atom. The smallest absolute Gasteiger partial charge is 0.296 e. The van der Waals surface area contributed by atoms with Crippen LogP contribution in [0.25, 0.3) is 0 Å². The highest BCUT2D eigenvalue weighted by atomic mass is 35.5. The summed E-state index contributed by atoms with van der Waals surface area (Å²) in [6.07, 6.45) is 0. The Hall–Kier alpha value is -2.70. The SMILES string of the molecule is O=C1Nc2cccc(Cl)c2C1=O.O=C1Nc2cccc(Cl)c2C1=O. The molecule has 0 radical (unpaired) electrons. The predicted molar refractivity (Wildman–Crippen MR) is 88.8 cm³/mol. The van der Waals surface area contributed by atoms with Crippen LogP contribution in [0.3, 0.4) is 0 Å². The fourth-order valence-corrected chi connectivity index (χ4v) is 2.82. The van der Waals surface area contributed by atoms with Crippen molar-refractivity contribution in [1.82, 2.24) is 0 Å². The van der Waals surface area contributed by atoms with Gasteiger partial charge in [0.25, 0.3) is 23.4 Å². The molecule has 4 rings (SSSR count). The molecule has 2 aromatic rings. The van der Waals surface area contributed by atoms with Gasteiger partial charge in [0.15, 0.2) is 0 Å². The third kappa shape index (κ3) is 2.66. The molecule has 2 N–H and O–H groups in total. The van der Waals surface area contributed by atoms with Gasteiger partial charge >= 0.3 is 0 Å². The Morgan fingerprint density at radius 3 is 1.33 bits per heavy atom. The van der Waals surface area contributed by atoms with Gasteiger partial charge in [0.1, 0.15) is 0 Å². The van der Waals surface area contributed by atoms with Crippen LogP contribution in [0.5, 0.6) is 0 Å². The van der Waals surface area contributed by atoms with Crippen molar-refractivity contribution in [3.05, 3.63) is 57.6 Å². The number of ketones is 2. The maximum Gasteiger partial charge on any atom is 0.296 e. The minimum absolute atomic E-state index is 0.282. The molecule has 120 valence electrons. The van der Waals surface area contributed by atoms with Crippen LogP contribution in [0.15, 0.2) is 36.4 Å². The molecule has 0 saturated carbocycles. The van der Waals surface area contributed by atoms with Crippen molar-refractivity contribution in [2.24, 2.45) is 0 Å². The summed E-state index contributed by atoms with van der Waals surface area (Å²) in [6, 6.07) is 9.81. The number of Topliss-reactive ketones (excluding diaryl/α,β-unsaturated/α-hetero) is 2. The van der Waals surface area contributed by atoms with Gasteiger partial charge in [0.2, 0.25) is 0 Å². The largest absolute Gasteiger partial charge is 0.318 e. The number of anilines is 2. The molecular formula is C16H8Cl2N2O4. The summed E-state index contributed by atoms with van der Waals surface area (Å²) >= 11 is 11.4. The lowest BCUT2D eigenvalue weighted by atomic mass is 10.1. The van der Waals surface area contributed by atoms with E-state index in [0.29, 0.717) is 21.4 Å². The number of carbonyl (C=O) groups excluding carboxylic acids is 4. The van der Waals surface area contributed by atoms with Crippen LogP contribution in [-0.4, -0.2) is 23.4 Å². The number of rotatable bonds is 0. The molecule has 0 saturated heterocycles. The lowest BCUT2D eigenvalue weighted by Crippen LogP contribution is -2.12. The van der Waals surface area contributed by atoms with Crippen LogP contribution < -0.4 is 10.6 Å². The van der Waals surface area contributed by atoms with Gasteiger partial charge in [-0.3, -0.25) is 19.2 Å². The minimum atomic E-state index is -0.613. The number of fused-ring (bicyclic) bond motifs is 2. The predicted octanol–water partition coefficient (Wildman–Crippen LogP) is 2.95. The Morgan fingerprint density at radius 2 is 1.00 bits per heavy atom. The zero-order chi connectivity index (χ0) is 17.4. The van der Waals surface area contributed by atoms with E-state index in [0.717, 1.165) is 0 Å². The van der Waals surface area contributed by atoms with Gasteiger partial charge < -0.3 is 10.6 Å². The highest BCUT2D eigenvalue weighted by Gasteiger charge is 2.30. The van der Waals surface area contributed by atoms with E-state index in [4.69, 9.17) is 23.2 Å². The second kappa shape index (κ2) is 6.07. The lowest BCUT2D eigenvalue weighted by Gasteiger charge is -1.96. The first-order valence-electron chi connectivity index (χ1n) is 6.68. The van der Waals surface area contributed by atoms with E-state index in [1.54, 1.807) is 36.4 Å². The Labute approximate surface area is 145 Å². The summed E-state index contributed by atoms with van der Waals surface area (Å²) in [5.41, 5.74) is 1.56. The normalized spacial score (nSPS) is 14.4. The molecule has 0 unspecified atom stereocenters. The van der Waals surface area contributed by atoms with Crippen LogP contribution in [0.1, 0.15) is 20.7 Å². The molecule has 24 heavy (non-hydrogen) atoms. The summed E-state index contributed by atoms with van der Waals surface area (Å²) in [5.74, 6) is -2.34. The zero-order valence-corrected chi connectivity index (χ0v) is 13.4. The minimum Gasteiger partial charge on any atom is -0.318 e. The van der Waals surface area contributed by atoms with Gasteiger partial charge in [-0.15, -0.1) is 0 Å². The first-order chi connectivity index (χ1) is 11.4. The maximum atomic E-state index is 11.1. The molecule has 2 amide bonds. The number of amides is 2. The molecule has 2 aliphatic heterocycles. The first kappa shape index (κ1) is 16.2. The van der Waals surface area contributed by atoms with Crippen LogP contribution in [0, 0.1) is 0 Å². The summed E-state index contributed by atoms with van der Waals surface area (Å²) < 4.78 is 0. The van der Waals surface area contributed by atoms with Crippen LogP contribution in [-0.2, 0) is 9.59 Å². The summed E-state index contributed by atoms with van der Waals surface area (Å²) in [4.78, 5) is 44.0. The topological polar surface area (TPSA) is 92.3 Å². The molecule has 0 fully saturated rings. The van der Waals surface area contributed by atoms with Gasteiger partial charge in [-0.25, -0.2) is 0 Å². The van der Waals surface area contributed by atoms with Crippen molar-refractivity contribution in [3.63, 3.8) is 0 Å². The second-order valence-corrected chi connectivity index (χ2v) is 5.71. The lowest BCUT2D eigenvalue weighted by molar-refractivity contribution is -0.112. The van der Waals surface area contributed by atoms with Crippen molar-refractivity contribution < 1.29 is 19.2 Å². The number of nitrogens with one attached hydrogen (secondary N) is 2. The van der Waals surface area contributed by atoms with E-state index >= 15 is 0 Å². The van der Waals surface area contributed by atoms with E-state index in [2.05, 4.69) is 10.6 Å². The molecule has 0 aromatic heterocycles. The third-order valence-corrected chi connectivity index (χ3v) is 4.02. The standard InChI is InChI=1S/2C8H4ClNO2/c2*9-4-2-1-3-5-6(4)7(11)8(12)10-5/h2*1-3H,(H,10,11,12). The average Bonchev–Trinajstić information content (AvgIpc) is 2.99. The molecule has 2 heterocycles. The molecule has 2 aromatic carbocycles. The third-order valence-electron chi connectivity index (χ3n) is 3.39. The maximum absolute atomic E-state index is 11.1. The van der Waals surface area contributed by atoms with Crippen LogP contribution in [0.4, 0.5) is 11.4 Å². The fraction of sp³-hybridized carbons (Fsp3) is 0. The van der Waals surface area contributed by atoms with Crippen molar-refractivity contribution >= 4 is 58.0 Å². The molecule has 2 aliphatic rings. The monoisotopic (exact) mass is 362 g/mol. The van der Waals surface area contributed by atoms with Crippen LogP contribution in [0.2, 0.25) is 10.0 Å². The quantitative estimate of drug-likeness (QED) is 0.704. The Kier molecular flexibility index (Phi) is 4.09. The highest BCUT2D eigenvalue weighted by molar-refractivity contribution is 6.55. The highest BCUT2D eigenvalue weighted by Crippen LogP contribution is 2.30. The van der Waals surface area contributed by atoms with Crippen molar-refractivity contribution in [3.8, 4) is 0 Å². The van der Waals surface area contributed by atoms with Gasteiger partial charge in [0.05, 0.1) is 32.5 Å². The van der Waals surface area contributed by atoms with Gasteiger partial charge in [-0.1, -0.05) is 35.3 Å². The molecule has 8 heteroatoms. The second-order valence-electron chi connectivity index (χ2n) is 4.89. The van der Waals surface area contributed by atoms with Crippen LogP contribution >= 0.6 is 23.2 Å². The van der Waals surface area contributed by atoms with Crippen molar-refractivity contribution in [2.45, 2.75) is 0 Å². The molecule has 0 atom stereocenters. The fourth-order valence-electron chi connectivity index (χ4n) is 2.30. The number of halogens is 2. The molecule has 0 spiro atoms. The molecular weight excluding hydrogens is 355 g/mol. The van der Waals surface area contributed by atoms with Gasteiger partial charge in [0, 0.05) is 0 Å². The average molecular weight is 363 g/mol. The van der Waals surface area contributed by atoms with E-state index in [9.17, 15) is 19.2 Å². The van der Waals surface area contributed by atoms with Crippen molar-refractivity contribution in [1.29, 1.82) is 0 Å². The molecule has 6 nitrogen and oxygen atoms in total. The first-order valence-corrected chi connectivity index (χ1v) is 7.44. The van der Waals surface area contributed by atoms with E-state index < -0.39 is 23.4 Å². The number of hydrogen-bond donors (Lipinski definition) is 2. The molecule has 0 aliphatic carbocycles. The number of hydrogen-bond acceptors (Lipinski definition) is 4. The van der Waals surface area contributed by atoms with E-state index in [1.165, 1.54) is 0 Å².